The van der Waals surface area contributed by atoms with Gasteiger partial charge in [-0.25, -0.2) is 0 Å². The number of nitrogens with one attached hydrogen (secondary N) is 1. The summed E-state index contributed by atoms with van der Waals surface area (Å²) in [6.45, 7) is 4.84. The minimum absolute atomic E-state index is 0.321. The lowest BCUT2D eigenvalue weighted by Gasteiger charge is -2.28. The Balaban J connectivity index is 2.08. The number of amides is 1. The van der Waals surface area contributed by atoms with Crippen LogP contribution in [0.4, 0.5) is 5.95 Å². The molecule has 1 atom stereocenters. The zero-order chi connectivity index (χ0) is 17.6. The molecule has 130 valence electrons. The van der Waals surface area contributed by atoms with Gasteiger partial charge < -0.3 is 15.0 Å². The van der Waals surface area contributed by atoms with Crippen molar-refractivity contribution in [1.29, 1.82) is 5.26 Å². The number of para-hydroxylation sites is 1. The van der Waals surface area contributed by atoms with Crippen LogP contribution in [0.2, 0.25) is 0 Å². The standard InChI is InChI=1S/C17H20N6O2/c1-2-19-16(24)14(12-18)15-20-21-17(22-8-10-25-11-9-22)23(15)13-6-4-3-5-7-13/h3-7,14H,2,8-11H2,1H3,(H,19,24)/t14-/m0/s1. The Bertz CT molecular complexity index is 761. The smallest absolute Gasteiger partial charge is 0.245 e. The second-order valence-corrected chi connectivity index (χ2v) is 5.59. The number of carbonyl (C=O) groups excluding carboxylic acids is 1. The fourth-order valence-corrected chi connectivity index (χ4v) is 2.78. The Morgan fingerprint density at radius 1 is 1.32 bits per heavy atom. The maximum atomic E-state index is 12.3. The number of ether oxygens (including phenoxy) is 1. The van der Waals surface area contributed by atoms with E-state index in [9.17, 15) is 10.1 Å². The zero-order valence-corrected chi connectivity index (χ0v) is 14.1. The number of hydrogen-bond donors (Lipinski definition) is 1. The van der Waals surface area contributed by atoms with Crippen molar-refractivity contribution >= 4 is 11.9 Å². The summed E-state index contributed by atoms with van der Waals surface area (Å²) in [7, 11) is 0. The first-order valence-corrected chi connectivity index (χ1v) is 8.27. The maximum Gasteiger partial charge on any atom is 0.245 e. The van der Waals surface area contributed by atoms with Crippen molar-refractivity contribution in [3.05, 3.63) is 36.2 Å². The van der Waals surface area contributed by atoms with E-state index < -0.39 is 5.92 Å². The first-order valence-electron chi connectivity index (χ1n) is 8.27. The Labute approximate surface area is 146 Å². The Morgan fingerprint density at radius 2 is 2.04 bits per heavy atom. The van der Waals surface area contributed by atoms with Crippen molar-refractivity contribution in [1.82, 2.24) is 20.1 Å². The summed E-state index contributed by atoms with van der Waals surface area (Å²) in [5.41, 5.74) is 0.813. The maximum absolute atomic E-state index is 12.3. The molecule has 1 aliphatic heterocycles. The highest BCUT2D eigenvalue weighted by Gasteiger charge is 2.30. The molecule has 1 aliphatic rings. The van der Waals surface area contributed by atoms with Gasteiger partial charge in [-0.2, -0.15) is 5.26 Å². The van der Waals surface area contributed by atoms with E-state index >= 15 is 0 Å². The highest BCUT2D eigenvalue weighted by molar-refractivity contribution is 5.85. The SMILES string of the molecule is CCNC(=O)[C@@H](C#N)c1nnc(N2CCOCC2)n1-c1ccccc1. The monoisotopic (exact) mass is 340 g/mol. The van der Waals surface area contributed by atoms with Crippen LogP contribution in [-0.2, 0) is 9.53 Å². The minimum atomic E-state index is -1.03. The molecule has 0 aliphatic carbocycles. The van der Waals surface area contributed by atoms with Gasteiger partial charge in [0.05, 0.1) is 25.0 Å². The predicted molar refractivity (Wildman–Crippen MR) is 91.4 cm³/mol. The molecule has 0 spiro atoms. The predicted octanol–water partition coefficient (Wildman–Crippen LogP) is 0.847. The van der Waals surface area contributed by atoms with Crippen LogP contribution in [0.3, 0.4) is 0 Å². The van der Waals surface area contributed by atoms with Crippen LogP contribution >= 0.6 is 0 Å². The summed E-state index contributed by atoms with van der Waals surface area (Å²) in [5.74, 6) is -0.458. The normalized spacial score (nSPS) is 15.4. The number of hydrogen-bond acceptors (Lipinski definition) is 6. The molecule has 1 saturated heterocycles. The third-order valence-electron chi connectivity index (χ3n) is 3.98. The molecule has 1 aromatic carbocycles. The number of benzene rings is 1. The van der Waals surface area contributed by atoms with E-state index in [0.717, 1.165) is 5.69 Å². The average Bonchev–Trinajstić information content (AvgIpc) is 3.09. The van der Waals surface area contributed by atoms with E-state index in [1.165, 1.54) is 0 Å². The Hall–Kier alpha value is -2.92. The van der Waals surface area contributed by atoms with Gasteiger partial charge in [0.2, 0.25) is 11.9 Å². The zero-order valence-electron chi connectivity index (χ0n) is 14.1. The van der Waals surface area contributed by atoms with Crippen molar-refractivity contribution < 1.29 is 9.53 Å². The van der Waals surface area contributed by atoms with Crippen LogP contribution < -0.4 is 10.2 Å². The van der Waals surface area contributed by atoms with Gasteiger partial charge in [-0.1, -0.05) is 18.2 Å². The molecule has 1 amide bonds. The van der Waals surface area contributed by atoms with Gasteiger partial charge in [0.25, 0.3) is 0 Å². The summed E-state index contributed by atoms with van der Waals surface area (Å²) >= 11 is 0. The molecule has 1 fully saturated rings. The van der Waals surface area contributed by atoms with Crippen LogP contribution in [-0.4, -0.2) is 53.5 Å². The number of nitriles is 1. The van der Waals surface area contributed by atoms with Crippen LogP contribution in [0.25, 0.3) is 5.69 Å². The number of carbonyl (C=O) groups is 1. The molecule has 0 unspecified atom stereocenters. The molecule has 1 N–H and O–H groups in total. The molecular weight excluding hydrogens is 320 g/mol. The van der Waals surface area contributed by atoms with Crippen LogP contribution in [0.5, 0.6) is 0 Å². The van der Waals surface area contributed by atoms with Crippen LogP contribution in [0.1, 0.15) is 18.7 Å². The second-order valence-electron chi connectivity index (χ2n) is 5.59. The average molecular weight is 340 g/mol. The molecule has 0 bridgehead atoms. The summed E-state index contributed by atoms with van der Waals surface area (Å²) in [5, 5.41) is 20.7. The van der Waals surface area contributed by atoms with Crippen LogP contribution in [0, 0.1) is 11.3 Å². The number of likely N-dealkylation sites (N-methyl/N-ethyl adjacent to an activating group) is 1. The fraction of sp³-hybridized carbons (Fsp3) is 0.412. The van der Waals surface area contributed by atoms with Gasteiger partial charge in [0, 0.05) is 19.6 Å². The minimum Gasteiger partial charge on any atom is -0.378 e. The van der Waals surface area contributed by atoms with Gasteiger partial charge in [0.15, 0.2) is 11.7 Å². The van der Waals surface area contributed by atoms with Gasteiger partial charge in [0.1, 0.15) is 0 Å². The summed E-state index contributed by atoms with van der Waals surface area (Å²) in [6.07, 6.45) is 0. The lowest BCUT2D eigenvalue weighted by molar-refractivity contribution is -0.121. The summed E-state index contributed by atoms with van der Waals surface area (Å²) < 4.78 is 7.18. The highest BCUT2D eigenvalue weighted by Crippen LogP contribution is 2.25. The van der Waals surface area contributed by atoms with Gasteiger partial charge in [-0.3, -0.25) is 9.36 Å². The molecule has 2 aromatic rings. The van der Waals surface area contributed by atoms with Gasteiger partial charge >= 0.3 is 0 Å². The van der Waals surface area contributed by atoms with E-state index in [0.29, 0.717) is 44.6 Å². The summed E-state index contributed by atoms with van der Waals surface area (Å²) in [4.78, 5) is 14.4. The molecule has 0 saturated carbocycles. The van der Waals surface area contributed by atoms with Crippen molar-refractivity contribution in [3.63, 3.8) is 0 Å². The molecular formula is C17H20N6O2. The number of nitrogens with zero attached hydrogens (tertiary/aromatic N) is 5. The van der Waals surface area contributed by atoms with E-state index in [-0.39, 0.29) is 5.91 Å². The first-order chi connectivity index (χ1) is 12.3. The third-order valence-corrected chi connectivity index (χ3v) is 3.98. The highest BCUT2D eigenvalue weighted by atomic mass is 16.5. The molecule has 0 radical (unpaired) electrons. The lowest BCUT2D eigenvalue weighted by Crippen LogP contribution is -2.38. The van der Waals surface area contributed by atoms with Crippen molar-refractivity contribution in [2.75, 3.05) is 37.7 Å². The number of anilines is 1. The molecule has 3 rings (SSSR count). The van der Waals surface area contributed by atoms with E-state index in [1.54, 1.807) is 4.57 Å². The first kappa shape index (κ1) is 16.9. The lowest BCUT2D eigenvalue weighted by atomic mass is 10.1. The summed E-state index contributed by atoms with van der Waals surface area (Å²) in [6, 6.07) is 11.6. The second kappa shape index (κ2) is 7.77. The molecule has 2 heterocycles. The quantitative estimate of drug-likeness (QED) is 0.867. The molecule has 8 nitrogen and oxygen atoms in total. The van der Waals surface area contributed by atoms with E-state index in [2.05, 4.69) is 26.5 Å². The Kier molecular flexibility index (Phi) is 5.26. The van der Waals surface area contributed by atoms with Crippen molar-refractivity contribution in [2.45, 2.75) is 12.8 Å². The van der Waals surface area contributed by atoms with Crippen LogP contribution in [0.15, 0.2) is 30.3 Å². The fourth-order valence-electron chi connectivity index (χ4n) is 2.78. The van der Waals surface area contributed by atoms with E-state index in [1.807, 2.05) is 37.3 Å². The number of rotatable bonds is 5. The molecule has 1 aromatic heterocycles. The molecule has 8 heteroatoms. The van der Waals surface area contributed by atoms with E-state index in [4.69, 9.17) is 4.74 Å². The Morgan fingerprint density at radius 3 is 2.68 bits per heavy atom. The largest absolute Gasteiger partial charge is 0.378 e. The number of morpholine rings is 1. The third kappa shape index (κ3) is 3.46. The van der Waals surface area contributed by atoms with Gasteiger partial charge in [-0.05, 0) is 19.1 Å². The molecule has 25 heavy (non-hydrogen) atoms. The van der Waals surface area contributed by atoms with Gasteiger partial charge in [-0.15, -0.1) is 10.2 Å². The van der Waals surface area contributed by atoms with Crippen molar-refractivity contribution in [3.8, 4) is 11.8 Å². The topological polar surface area (TPSA) is 96.1 Å². The number of aromatic nitrogens is 3. The van der Waals surface area contributed by atoms with Crippen molar-refractivity contribution in [2.24, 2.45) is 0 Å².